The molecule has 1 heterocycles. The Labute approximate surface area is 99.1 Å². The van der Waals surface area contributed by atoms with Gasteiger partial charge in [-0.1, -0.05) is 11.6 Å². The summed E-state index contributed by atoms with van der Waals surface area (Å²) in [5.41, 5.74) is -1.21. The normalized spacial score (nSPS) is 10.6. The summed E-state index contributed by atoms with van der Waals surface area (Å²) in [7, 11) is 0. The van der Waals surface area contributed by atoms with Crippen LogP contribution < -0.4 is 16.4 Å². The lowest BCUT2D eigenvalue weighted by Gasteiger charge is -2.06. The van der Waals surface area contributed by atoms with Gasteiger partial charge >= 0.3 is 5.69 Å². The lowest BCUT2D eigenvalue weighted by Crippen LogP contribution is -2.41. The fraction of sp³-hybridized carbons (Fsp3) is 0.100. The summed E-state index contributed by atoms with van der Waals surface area (Å²) >= 11 is 5.72. The zero-order valence-corrected chi connectivity index (χ0v) is 9.15. The first-order valence-electron chi connectivity index (χ1n) is 4.61. The summed E-state index contributed by atoms with van der Waals surface area (Å²) in [6.45, 7) is -0.795. The minimum absolute atomic E-state index is 0.151. The molecule has 7 heteroatoms. The second-order valence-electron chi connectivity index (χ2n) is 3.38. The van der Waals surface area contributed by atoms with E-state index in [1.807, 2.05) is 0 Å². The molecular formula is C10H6ClN2O4-. The van der Waals surface area contributed by atoms with Gasteiger partial charge in [0, 0.05) is 5.02 Å². The fourth-order valence-electron chi connectivity index (χ4n) is 1.50. The van der Waals surface area contributed by atoms with E-state index in [9.17, 15) is 19.5 Å². The van der Waals surface area contributed by atoms with Gasteiger partial charge in [0.05, 0.1) is 23.4 Å². The minimum atomic E-state index is -1.51. The molecule has 6 nitrogen and oxygen atoms in total. The van der Waals surface area contributed by atoms with Crippen molar-refractivity contribution >= 4 is 28.5 Å². The third-order valence-corrected chi connectivity index (χ3v) is 2.47. The molecule has 0 aliphatic heterocycles. The van der Waals surface area contributed by atoms with Crippen molar-refractivity contribution in [2.24, 2.45) is 0 Å². The molecule has 0 fully saturated rings. The van der Waals surface area contributed by atoms with Crippen molar-refractivity contribution in [3.63, 3.8) is 0 Å². The number of carboxylic acids is 1. The van der Waals surface area contributed by atoms with Crippen molar-refractivity contribution in [2.45, 2.75) is 6.54 Å². The number of nitrogens with zero attached hydrogens (tertiary/aromatic N) is 1. The molecule has 0 bridgehead atoms. The summed E-state index contributed by atoms with van der Waals surface area (Å²) in [4.78, 5) is 36.1. The number of fused-ring (bicyclic) bond motifs is 1. The summed E-state index contributed by atoms with van der Waals surface area (Å²) in [6, 6.07) is 4.35. The maximum atomic E-state index is 11.8. The molecule has 1 aromatic heterocycles. The molecular weight excluding hydrogens is 248 g/mol. The number of halogens is 1. The quantitative estimate of drug-likeness (QED) is 0.750. The van der Waals surface area contributed by atoms with Crippen molar-refractivity contribution in [3.8, 4) is 0 Å². The number of H-pyrrole nitrogens is 1. The van der Waals surface area contributed by atoms with Crippen LogP contribution in [0.15, 0.2) is 27.8 Å². The van der Waals surface area contributed by atoms with Gasteiger partial charge in [0.15, 0.2) is 0 Å². The van der Waals surface area contributed by atoms with Crippen LogP contribution in [0.1, 0.15) is 0 Å². The van der Waals surface area contributed by atoms with Gasteiger partial charge in [-0.15, -0.1) is 0 Å². The Morgan fingerprint density at radius 3 is 2.76 bits per heavy atom. The molecule has 0 aliphatic rings. The van der Waals surface area contributed by atoms with Crippen LogP contribution in [0.2, 0.25) is 5.02 Å². The first kappa shape index (κ1) is 11.4. The van der Waals surface area contributed by atoms with Crippen molar-refractivity contribution in [3.05, 3.63) is 44.1 Å². The molecule has 0 radical (unpaired) electrons. The summed E-state index contributed by atoms with van der Waals surface area (Å²) in [5, 5.41) is 10.9. The zero-order valence-electron chi connectivity index (χ0n) is 8.40. The highest BCUT2D eigenvalue weighted by Crippen LogP contribution is 2.13. The first-order chi connectivity index (χ1) is 7.99. The Hall–Kier alpha value is -2.08. The highest BCUT2D eigenvalue weighted by molar-refractivity contribution is 6.31. The number of hydrogen-bond acceptors (Lipinski definition) is 4. The second-order valence-corrected chi connectivity index (χ2v) is 3.82. The number of carbonyl (C=O) groups excluding carboxylic acids is 1. The van der Waals surface area contributed by atoms with Crippen molar-refractivity contribution in [1.82, 2.24) is 9.55 Å². The van der Waals surface area contributed by atoms with E-state index in [0.29, 0.717) is 15.1 Å². The molecule has 1 aromatic carbocycles. The number of aromatic nitrogens is 2. The molecule has 0 amide bonds. The predicted molar refractivity (Wildman–Crippen MR) is 58.8 cm³/mol. The lowest BCUT2D eigenvalue weighted by atomic mass is 10.2. The van der Waals surface area contributed by atoms with Crippen LogP contribution in [-0.4, -0.2) is 15.5 Å². The Balaban J connectivity index is 2.83. The fourth-order valence-corrected chi connectivity index (χ4v) is 1.67. The number of carboxylic acid groups (broad SMARTS) is 1. The van der Waals surface area contributed by atoms with E-state index >= 15 is 0 Å². The monoisotopic (exact) mass is 253 g/mol. The molecule has 1 N–H and O–H groups in total. The smallest absolute Gasteiger partial charge is 0.329 e. The van der Waals surface area contributed by atoms with Crippen molar-refractivity contribution in [2.75, 3.05) is 0 Å². The van der Waals surface area contributed by atoms with E-state index in [1.54, 1.807) is 0 Å². The van der Waals surface area contributed by atoms with Gasteiger partial charge in [-0.05, 0) is 18.2 Å². The van der Waals surface area contributed by atoms with E-state index < -0.39 is 23.8 Å². The van der Waals surface area contributed by atoms with E-state index in [2.05, 4.69) is 4.98 Å². The van der Waals surface area contributed by atoms with Gasteiger partial charge in [0.1, 0.15) is 0 Å². The largest absolute Gasteiger partial charge is 0.548 e. The van der Waals surface area contributed by atoms with Gasteiger partial charge in [-0.3, -0.25) is 9.36 Å². The SMILES string of the molecule is O=C([O-])Cn1c(=O)[nH]c2ccc(Cl)cc2c1=O. The molecule has 0 spiro atoms. The van der Waals surface area contributed by atoms with Gasteiger partial charge in [-0.25, -0.2) is 4.79 Å². The zero-order chi connectivity index (χ0) is 12.6. The van der Waals surface area contributed by atoms with Crippen LogP contribution in [0.5, 0.6) is 0 Å². The molecule has 0 unspecified atom stereocenters. The van der Waals surface area contributed by atoms with Crippen LogP contribution in [0.4, 0.5) is 0 Å². The van der Waals surface area contributed by atoms with E-state index in [0.717, 1.165) is 0 Å². The number of nitrogens with one attached hydrogen (secondary N) is 1. The maximum Gasteiger partial charge on any atom is 0.329 e. The molecule has 17 heavy (non-hydrogen) atoms. The molecule has 0 saturated carbocycles. The molecule has 0 atom stereocenters. The molecule has 0 aliphatic carbocycles. The van der Waals surface area contributed by atoms with Gasteiger partial charge in [0.25, 0.3) is 5.56 Å². The van der Waals surface area contributed by atoms with Gasteiger partial charge in [-0.2, -0.15) is 0 Å². The van der Waals surface area contributed by atoms with Crippen LogP contribution >= 0.6 is 11.6 Å². The highest BCUT2D eigenvalue weighted by atomic mass is 35.5. The van der Waals surface area contributed by atoms with Crippen LogP contribution in [0.3, 0.4) is 0 Å². The van der Waals surface area contributed by atoms with E-state index in [4.69, 9.17) is 11.6 Å². The third kappa shape index (κ3) is 2.07. The molecule has 0 saturated heterocycles. The first-order valence-corrected chi connectivity index (χ1v) is 4.99. The van der Waals surface area contributed by atoms with Crippen LogP contribution in [0, 0.1) is 0 Å². The van der Waals surface area contributed by atoms with Crippen LogP contribution in [0.25, 0.3) is 10.9 Å². The lowest BCUT2D eigenvalue weighted by molar-refractivity contribution is -0.306. The Kier molecular flexibility index (Phi) is 2.72. The van der Waals surface area contributed by atoms with E-state index in [1.165, 1.54) is 18.2 Å². The number of hydrogen-bond donors (Lipinski definition) is 1. The van der Waals surface area contributed by atoms with E-state index in [-0.39, 0.29) is 5.39 Å². The molecule has 2 aromatic rings. The predicted octanol–water partition coefficient (Wildman–Crippen LogP) is -0.907. The average Bonchev–Trinajstić information content (AvgIpc) is 2.25. The minimum Gasteiger partial charge on any atom is -0.548 e. The number of rotatable bonds is 2. The number of benzene rings is 1. The molecule has 88 valence electrons. The molecule has 2 rings (SSSR count). The summed E-state index contributed by atoms with van der Waals surface area (Å²) in [6.07, 6.45) is 0. The maximum absolute atomic E-state index is 11.8. The number of aromatic amines is 1. The second kappa shape index (κ2) is 4.06. The average molecular weight is 254 g/mol. The van der Waals surface area contributed by atoms with Gasteiger partial charge < -0.3 is 14.9 Å². The standard InChI is InChI=1S/C10H7ClN2O4/c11-5-1-2-7-6(3-5)9(16)13(4-8(14)15)10(17)12-7/h1-3H,4H2,(H,12,17)(H,14,15)/p-1. The summed E-state index contributed by atoms with van der Waals surface area (Å²) in [5.74, 6) is -1.51. The number of aliphatic carboxylic acids is 1. The summed E-state index contributed by atoms with van der Waals surface area (Å²) < 4.78 is 0.550. The van der Waals surface area contributed by atoms with Gasteiger partial charge in [0.2, 0.25) is 0 Å². The topological polar surface area (TPSA) is 95.0 Å². The Bertz CT molecular complexity index is 716. The Morgan fingerprint density at radius 2 is 2.12 bits per heavy atom. The van der Waals surface area contributed by atoms with Crippen molar-refractivity contribution in [1.29, 1.82) is 0 Å². The highest BCUT2D eigenvalue weighted by Gasteiger charge is 2.07. The number of carbonyl (C=O) groups is 1. The van der Waals surface area contributed by atoms with Crippen molar-refractivity contribution < 1.29 is 9.90 Å². The Morgan fingerprint density at radius 1 is 1.41 bits per heavy atom. The third-order valence-electron chi connectivity index (χ3n) is 2.23. The van der Waals surface area contributed by atoms with Crippen LogP contribution in [-0.2, 0) is 11.3 Å².